The molecule has 0 saturated heterocycles. The van der Waals surface area contributed by atoms with E-state index in [4.69, 9.17) is 10.6 Å². The molecule has 6 heteroatoms. The van der Waals surface area contributed by atoms with Crippen molar-refractivity contribution >= 4 is 11.4 Å². The highest BCUT2D eigenvalue weighted by Gasteiger charge is 2.20. The number of hydrazine groups is 1. The van der Waals surface area contributed by atoms with E-state index in [1.54, 1.807) is 18.2 Å². The van der Waals surface area contributed by atoms with Crippen LogP contribution in [0.3, 0.4) is 0 Å². The fraction of sp³-hybridized carbons (Fsp3) is 0.500. The van der Waals surface area contributed by atoms with Crippen LogP contribution in [0.4, 0.5) is 11.4 Å². The molecule has 0 fully saturated rings. The minimum absolute atomic E-state index is 0.115. The Morgan fingerprint density at radius 2 is 2.17 bits per heavy atom. The number of rotatable bonds is 8. The second kappa shape index (κ2) is 7.50. The number of unbranched alkanes of at least 4 members (excludes halogenated alkanes) is 3. The molecule has 0 radical (unpaired) electrons. The van der Waals surface area contributed by atoms with Crippen LogP contribution in [0.1, 0.15) is 32.6 Å². The summed E-state index contributed by atoms with van der Waals surface area (Å²) in [5.74, 6) is 5.50. The maximum absolute atomic E-state index is 11.0. The lowest BCUT2D eigenvalue weighted by Crippen LogP contribution is -2.10. The number of hydrogen-bond acceptors (Lipinski definition) is 5. The fourth-order valence-electron chi connectivity index (χ4n) is 1.65. The minimum Gasteiger partial charge on any atom is -0.487 e. The lowest BCUT2D eigenvalue weighted by molar-refractivity contribution is -0.385. The summed E-state index contributed by atoms with van der Waals surface area (Å²) in [7, 11) is 0. The second-order valence-electron chi connectivity index (χ2n) is 3.96. The van der Waals surface area contributed by atoms with E-state index in [0.717, 1.165) is 25.7 Å². The van der Waals surface area contributed by atoms with Crippen molar-refractivity contribution in [3.63, 3.8) is 0 Å². The summed E-state index contributed by atoms with van der Waals surface area (Å²) < 4.78 is 5.45. The third-order valence-electron chi connectivity index (χ3n) is 2.59. The quantitative estimate of drug-likeness (QED) is 0.322. The first-order chi connectivity index (χ1) is 8.70. The van der Waals surface area contributed by atoms with Crippen molar-refractivity contribution < 1.29 is 9.66 Å². The molecule has 1 aromatic rings. The molecule has 6 nitrogen and oxygen atoms in total. The van der Waals surface area contributed by atoms with Gasteiger partial charge in [0, 0.05) is 0 Å². The molecule has 100 valence electrons. The number of para-hydroxylation sites is 1. The van der Waals surface area contributed by atoms with Gasteiger partial charge in [0.25, 0.3) is 0 Å². The van der Waals surface area contributed by atoms with Crippen molar-refractivity contribution in [2.75, 3.05) is 12.0 Å². The Kier molecular flexibility index (Phi) is 5.93. The number of ether oxygens (including phenoxy) is 1. The van der Waals surface area contributed by atoms with Crippen molar-refractivity contribution in [2.24, 2.45) is 5.84 Å². The molecule has 0 spiro atoms. The zero-order valence-electron chi connectivity index (χ0n) is 10.5. The Bertz CT molecular complexity index is 396. The molecule has 0 saturated carbocycles. The molecule has 1 aromatic carbocycles. The highest BCUT2D eigenvalue weighted by atomic mass is 16.6. The summed E-state index contributed by atoms with van der Waals surface area (Å²) in [5.41, 5.74) is 2.45. The molecule has 0 aliphatic carbocycles. The largest absolute Gasteiger partial charge is 0.487 e. The Morgan fingerprint density at radius 3 is 2.78 bits per heavy atom. The maximum Gasteiger partial charge on any atom is 0.335 e. The lowest BCUT2D eigenvalue weighted by atomic mass is 10.2. The van der Waals surface area contributed by atoms with Crippen LogP contribution in [0.2, 0.25) is 0 Å². The highest BCUT2D eigenvalue weighted by Crippen LogP contribution is 2.34. The summed E-state index contributed by atoms with van der Waals surface area (Å²) in [4.78, 5) is 10.5. The van der Waals surface area contributed by atoms with Crippen LogP contribution in [-0.2, 0) is 0 Å². The van der Waals surface area contributed by atoms with E-state index in [9.17, 15) is 10.1 Å². The average Bonchev–Trinajstić information content (AvgIpc) is 2.37. The van der Waals surface area contributed by atoms with E-state index >= 15 is 0 Å². The van der Waals surface area contributed by atoms with Gasteiger partial charge < -0.3 is 10.2 Å². The molecule has 0 unspecified atom stereocenters. The predicted molar refractivity (Wildman–Crippen MR) is 70.5 cm³/mol. The molecule has 0 aliphatic heterocycles. The first-order valence-electron chi connectivity index (χ1n) is 6.07. The van der Waals surface area contributed by atoms with Crippen molar-refractivity contribution in [2.45, 2.75) is 32.6 Å². The monoisotopic (exact) mass is 253 g/mol. The van der Waals surface area contributed by atoms with Crippen LogP contribution in [0.15, 0.2) is 18.2 Å². The van der Waals surface area contributed by atoms with E-state index in [1.807, 2.05) is 0 Å². The van der Waals surface area contributed by atoms with Crippen molar-refractivity contribution in [1.29, 1.82) is 0 Å². The van der Waals surface area contributed by atoms with Gasteiger partial charge in [0.1, 0.15) is 5.69 Å². The molecule has 0 aliphatic rings. The van der Waals surface area contributed by atoms with Gasteiger partial charge in [0.2, 0.25) is 0 Å². The Hall–Kier alpha value is -1.82. The maximum atomic E-state index is 11.0. The lowest BCUT2D eigenvalue weighted by Gasteiger charge is -2.09. The van der Waals surface area contributed by atoms with Gasteiger partial charge in [-0.3, -0.25) is 16.0 Å². The highest BCUT2D eigenvalue weighted by molar-refractivity contribution is 5.67. The Balaban J connectivity index is 2.67. The summed E-state index contributed by atoms with van der Waals surface area (Å²) in [6, 6.07) is 4.80. The van der Waals surface area contributed by atoms with Crippen LogP contribution in [0.5, 0.6) is 5.75 Å². The van der Waals surface area contributed by atoms with E-state index in [1.165, 1.54) is 0 Å². The van der Waals surface area contributed by atoms with Gasteiger partial charge in [-0.05, 0) is 18.6 Å². The molecule has 0 heterocycles. The van der Waals surface area contributed by atoms with Gasteiger partial charge in [-0.2, -0.15) is 0 Å². The van der Waals surface area contributed by atoms with Gasteiger partial charge in [-0.1, -0.05) is 32.3 Å². The third kappa shape index (κ3) is 3.89. The second-order valence-corrected chi connectivity index (χ2v) is 3.96. The molecule has 0 bridgehead atoms. The standard InChI is InChI=1S/C12H19N3O3/c1-2-3-4-5-9-18-11-8-6-7-10(14-13)12(11)15(16)17/h6-8,14H,2-5,9,13H2,1H3. The Morgan fingerprint density at radius 1 is 1.39 bits per heavy atom. The Labute approximate surface area is 106 Å². The zero-order chi connectivity index (χ0) is 13.4. The molecular formula is C12H19N3O3. The van der Waals surface area contributed by atoms with Crippen molar-refractivity contribution in [1.82, 2.24) is 0 Å². The summed E-state index contributed by atoms with van der Waals surface area (Å²) in [6.45, 7) is 2.61. The predicted octanol–water partition coefficient (Wildman–Crippen LogP) is 2.84. The number of anilines is 1. The number of nitro groups is 1. The first kappa shape index (κ1) is 14.2. The van der Waals surface area contributed by atoms with Gasteiger partial charge in [0.05, 0.1) is 11.5 Å². The molecule has 0 aromatic heterocycles. The number of hydrogen-bond donors (Lipinski definition) is 2. The average molecular weight is 253 g/mol. The molecule has 0 atom stereocenters. The van der Waals surface area contributed by atoms with Gasteiger partial charge in [0.15, 0.2) is 5.75 Å². The fourth-order valence-corrected chi connectivity index (χ4v) is 1.65. The number of nitrogens with one attached hydrogen (secondary N) is 1. The summed E-state index contributed by atoms with van der Waals surface area (Å²) in [6.07, 6.45) is 4.26. The van der Waals surface area contributed by atoms with Crippen LogP contribution in [0, 0.1) is 10.1 Å². The normalized spacial score (nSPS) is 10.1. The number of benzene rings is 1. The molecule has 1 rings (SSSR count). The van der Waals surface area contributed by atoms with Crippen LogP contribution in [0.25, 0.3) is 0 Å². The number of nitrogens with zero attached hydrogens (tertiary/aromatic N) is 1. The van der Waals surface area contributed by atoms with E-state index < -0.39 is 4.92 Å². The first-order valence-corrected chi connectivity index (χ1v) is 6.07. The SMILES string of the molecule is CCCCCCOc1cccc(NN)c1[N+](=O)[O-]. The van der Waals surface area contributed by atoms with Crippen LogP contribution in [-0.4, -0.2) is 11.5 Å². The smallest absolute Gasteiger partial charge is 0.335 e. The van der Waals surface area contributed by atoms with E-state index in [0.29, 0.717) is 6.61 Å². The zero-order valence-corrected chi connectivity index (χ0v) is 10.5. The van der Waals surface area contributed by atoms with Crippen molar-refractivity contribution in [3.05, 3.63) is 28.3 Å². The number of nitro benzene ring substituents is 1. The third-order valence-corrected chi connectivity index (χ3v) is 2.59. The van der Waals surface area contributed by atoms with E-state index in [-0.39, 0.29) is 17.1 Å². The van der Waals surface area contributed by atoms with Gasteiger partial charge >= 0.3 is 5.69 Å². The van der Waals surface area contributed by atoms with Crippen LogP contribution >= 0.6 is 0 Å². The molecular weight excluding hydrogens is 234 g/mol. The van der Waals surface area contributed by atoms with E-state index in [2.05, 4.69) is 12.3 Å². The molecule has 18 heavy (non-hydrogen) atoms. The van der Waals surface area contributed by atoms with Gasteiger partial charge in [-0.25, -0.2) is 0 Å². The van der Waals surface area contributed by atoms with Gasteiger partial charge in [-0.15, -0.1) is 0 Å². The topological polar surface area (TPSA) is 90.4 Å². The van der Waals surface area contributed by atoms with Crippen LogP contribution < -0.4 is 16.0 Å². The summed E-state index contributed by atoms with van der Waals surface area (Å²) >= 11 is 0. The molecule has 0 amide bonds. The van der Waals surface area contributed by atoms with Crippen molar-refractivity contribution in [3.8, 4) is 5.75 Å². The number of nitrogens with two attached hydrogens (primary N) is 1. The summed E-state index contributed by atoms with van der Waals surface area (Å²) in [5, 5.41) is 11.0. The minimum atomic E-state index is -0.490. The molecule has 3 N–H and O–H groups in total. The number of nitrogen functional groups attached to an aromatic ring is 1.